The molecule has 1 rings (SSSR count). The molecule has 1 aromatic carbocycles. The van der Waals surface area contributed by atoms with E-state index in [1.807, 2.05) is 6.07 Å². The highest BCUT2D eigenvalue weighted by atomic mass is 32.2. The number of rotatable bonds is 11. The van der Waals surface area contributed by atoms with E-state index in [-0.39, 0.29) is 5.25 Å². The predicted octanol–water partition coefficient (Wildman–Crippen LogP) is 5.38. The van der Waals surface area contributed by atoms with Crippen LogP contribution in [0.15, 0.2) is 35.2 Å². The number of sulfone groups is 1. The first-order valence-electron chi connectivity index (χ1n) is 8.41. The fraction of sp³-hybridized carbons (Fsp3) is 0.667. The van der Waals surface area contributed by atoms with E-state index in [0.29, 0.717) is 4.90 Å². The summed E-state index contributed by atoms with van der Waals surface area (Å²) in [6.07, 6.45) is 9.74. The number of hydrogen-bond acceptors (Lipinski definition) is 2. The molecule has 21 heavy (non-hydrogen) atoms. The van der Waals surface area contributed by atoms with Gasteiger partial charge in [0, 0.05) is 0 Å². The molecule has 0 radical (unpaired) electrons. The molecule has 3 heteroatoms. The molecule has 120 valence electrons. The van der Waals surface area contributed by atoms with Gasteiger partial charge in [0.25, 0.3) is 0 Å². The third kappa shape index (κ3) is 6.21. The van der Waals surface area contributed by atoms with Gasteiger partial charge in [-0.3, -0.25) is 0 Å². The molecule has 0 amide bonds. The highest BCUT2D eigenvalue weighted by Gasteiger charge is 2.25. The summed E-state index contributed by atoms with van der Waals surface area (Å²) < 4.78 is 25.4. The molecule has 0 aromatic heterocycles. The smallest absolute Gasteiger partial charge is 0.181 e. The Labute approximate surface area is 130 Å². The van der Waals surface area contributed by atoms with Crippen molar-refractivity contribution in [3.8, 4) is 0 Å². The molecule has 0 heterocycles. The minimum atomic E-state index is -3.16. The maximum Gasteiger partial charge on any atom is 0.181 e. The molecule has 0 saturated heterocycles. The average Bonchev–Trinajstić information content (AvgIpc) is 2.50. The van der Waals surface area contributed by atoms with Crippen molar-refractivity contribution in [1.82, 2.24) is 0 Å². The lowest BCUT2D eigenvalue weighted by molar-refractivity contribution is 0.531. The topological polar surface area (TPSA) is 34.1 Å². The van der Waals surface area contributed by atoms with Crippen LogP contribution >= 0.6 is 0 Å². The van der Waals surface area contributed by atoms with Crippen LogP contribution in [0, 0.1) is 0 Å². The molecular formula is C18H30O2S. The number of unbranched alkanes of at least 4 members (excludes halogenated alkanes) is 5. The van der Waals surface area contributed by atoms with E-state index in [0.717, 1.165) is 32.1 Å². The second kappa shape index (κ2) is 9.99. The van der Waals surface area contributed by atoms with Crippen LogP contribution in [0.5, 0.6) is 0 Å². The lowest BCUT2D eigenvalue weighted by Gasteiger charge is -2.17. The molecule has 0 aliphatic carbocycles. The quantitative estimate of drug-likeness (QED) is 0.514. The van der Waals surface area contributed by atoms with Gasteiger partial charge in [-0.15, -0.1) is 0 Å². The zero-order valence-corrected chi connectivity index (χ0v) is 14.4. The van der Waals surface area contributed by atoms with E-state index in [1.54, 1.807) is 24.3 Å². The van der Waals surface area contributed by atoms with E-state index >= 15 is 0 Å². The molecule has 0 aliphatic heterocycles. The van der Waals surface area contributed by atoms with Crippen LogP contribution in [0.3, 0.4) is 0 Å². The van der Waals surface area contributed by atoms with Crippen LogP contribution in [-0.4, -0.2) is 13.7 Å². The first kappa shape index (κ1) is 18.2. The standard InChI is InChI=1S/C18H30O2S/c1-3-5-6-7-8-10-14-17(13-4-2)21(19,20)18-15-11-9-12-16-18/h9,11-12,15-17H,3-8,10,13-14H2,1-2H3. The summed E-state index contributed by atoms with van der Waals surface area (Å²) in [6, 6.07) is 8.92. The Balaban J connectivity index is 2.56. The summed E-state index contributed by atoms with van der Waals surface area (Å²) in [7, 11) is -3.16. The maximum absolute atomic E-state index is 12.7. The van der Waals surface area contributed by atoms with Crippen LogP contribution in [0.4, 0.5) is 0 Å². The van der Waals surface area contributed by atoms with Crippen molar-refractivity contribution >= 4 is 9.84 Å². The van der Waals surface area contributed by atoms with Crippen molar-refractivity contribution in [3.05, 3.63) is 30.3 Å². The molecule has 1 atom stereocenters. The van der Waals surface area contributed by atoms with Crippen molar-refractivity contribution in [2.24, 2.45) is 0 Å². The van der Waals surface area contributed by atoms with Gasteiger partial charge in [0.05, 0.1) is 10.1 Å². The fourth-order valence-corrected chi connectivity index (χ4v) is 4.68. The third-order valence-corrected chi connectivity index (χ3v) is 6.28. The van der Waals surface area contributed by atoms with Gasteiger partial charge in [-0.2, -0.15) is 0 Å². The Morgan fingerprint density at radius 2 is 1.43 bits per heavy atom. The van der Waals surface area contributed by atoms with Gasteiger partial charge >= 0.3 is 0 Å². The van der Waals surface area contributed by atoms with Gasteiger partial charge in [0.1, 0.15) is 0 Å². The van der Waals surface area contributed by atoms with Crippen LogP contribution in [0.1, 0.15) is 71.6 Å². The van der Waals surface area contributed by atoms with Gasteiger partial charge in [0.15, 0.2) is 9.84 Å². The van der Waals surface area contributed by atoms with Crippen molar-refractivity contribution in [2.45, 2.75) is 81.8 Å². The van der Waals surface area contributed by atoms with E-state index in [4.69, 9.17) is 0 Å². The highest BCUT2D eigenvalue weighted by Crippen LogP contribution is 2.24. The van der Waals surface area contributed by atoms with Gasteiger partial charge in [0.2, 0.25) is 0 Å². The molecule has 0 bridgehead atoms. The van der Waals surface area contributed by atoms with Crippen molar-refractivity contribution in [2.75, 3.05) is 0 Å². The SMILES string of the molecule is CCCCCCCCC(CCC)S(=O)(=O)c1ccccc1. The fourth-order valence-electron chi connectivity index (χ4n) is 2.73. The summed E-state index contributed by atoms with van der Waals surface area (Å²) in [5.41, 5.74) is 0. The monoisotopic (exact) mass is 310 g/mol. The summed E-state index contributed by atoms with van der Waals surface area (Å²) in [5, 5.41) is -0.212. The van der Waals surface area contributed by atoms with Gasteiger partial charge in [-0.1, -0.05) is 77.0 Å². The van der Waals surface area contributed by atoms with Crippen LogP contribution in [0.25, 0.3) is 0 Å². The molecular weight excluding hydrogens is 280 g/mol. The van der Waals surface area contributed by atoms with Gasteiger partial charge < -0.3 is 0 Å². The van der Waals surface area contributed by atoms with Gasteiger partial charge in [-0.25, -0.2) is 8.42 Å². The lowest BCUT2D eigenvalue weighted by atomic mass is 10.1. The summed E-state index contributed by atoms with van der Waals surface area (Å²) in [6.45, 7) is 4.28. The largest absolute Gasteiger partial charge is 0.223 e. The zero-order chi connectivity index (χ0) is 15.6. The predicted molar refractivity (Wildman–Crippen MR) is 90.3 cm³/mol. The van der Waals surface area contributed by atoms with Gasteiger partial charge in [-0.05, 0) is 25.0 Å². The first-order valence-corrected chi connectivity index (χ1v) is 9.96. The second-order valence-electron chi connectivity index (χ2n) is 5.83. The number of benzene rings is 1. The Hall–Kier alpha value is -0.830. The summed E-state index contributed by atoms with van der Waals surface area (Å²) in [4.78, 5) is 0.481. The Kier molecular flexibility index (Phi) is 8.67. The van der Waals surface area contributed by atoms with E-state index in [1.165, 1.54) is 25.7 Å². The third-order valence-electron chi connectivity index (χ3n) is 4.00. The van der Waals surface area contributed by atoms with Crippen molar-refractivity contribution in [3.63, 3.8) is 0 Å². The molecule has 0 fully saturated rings. The molecule has 0 N–H and O–H groups in total. The lowest BCUT2D eigenvalue weighted by Crippen LogP contribution is -2.21. The maximum atomic E-state index is 12.7. The normalized spacial score (nSPS) is 13.2. The van der Waals surface area contributed by atoms with Crippen LogP contribution < -0.4 is 0 Å². The van der Waals surface area contributed by atoms with E-state index in [2.05, 4.69) is 13.8 Å². The van der Waals surface area contributed by atoms with Crippen LogP contribution in [-0.2, 0) is 9.84 Å². The molecule has 2 nitrogen and oxygen atoms in total. The Morgan fingerprint density at radius 3 is 2.05 bits per heavy atom. The molecule has 0 spiro atoms. The molecule has 1 aromatic rings. The zero-order valence-electron chi connectivity index (χ0n) is 13.6. The minimum absolute atomic E-state index is 0.212. The highest BCUT2D eigenvalue weighted by molar-refractivity contribution is 7.92. The van der Waals surface area contributed by atoms with Crippen molar-refractivity contribution < 1.29 is 8.42 Å². The van der Waals surface area contributed by atoms with Crippen LogP contribution in [0.2, 0.25) is 0 Å². The van der Waals surface area contributed by atoms with E-state index < -0.39 is 9.84 Å². The number of hydrogen-bond donors (Lipinski definition) is 0. The van der Waals surface area contributed by atoms with E-state index in [9.17, 15) is 8.42 Å². The second-order valence-corrected chi connectivity index (χ2v) is 8.05. The Morgan fingerprint density at radius 1 is 0.810 bits per heavy atom. The average molecular weight is 311 g/mol. The first-order chi connectivity index (χ1) is 10.1. The molecule has 0 aliphatic rings. The Bertz CT molecular complexity index is 465. The van der Waals surface area contributed by atoms with Crippen molar-refractivity contribution in [1.29, 1.82) is 0 Å². The minimum Gasteiger partial charge on any atom is -0.223 e. The summed E-state index contributed by atoms with van der Waals surface area (Å²) in [5.74, 6) is 0. The molecule has 1 unspecified atom stereocenters. The molecule has 0 saturated carbocycles. The summed E-state index contributed by atoms with van der Waals surface area (Å²) >= 11 is 0.